The van der Waals surface area contributed by atoms with Crippen molar-refractivity contribution in [3.8, 4) is 0 Å². The second-order valence-electron chi connectivity index (χ2n) is 6.98. The number of anilines is 1. The molecular formula is C21H24N2O5S. The molecule has 29 heavy (non-hydrogen) atoms. The topological polar surface area (TPSA) is 102 Å². The summed E-state index contributed by atoms with van der Waals surface area (Å²) in [7, 11) is -3.41. The molecule has 0 saturated heterocycles. The standard InChI is InChI=1S/C21H24N2O5S/c1-3-28-21(25)18-11-12-19(22-14(18)2)20(24)23-15-7-6-10-17(13-15)29(26,27)16-8-4-5-9-16/h6-7,10-13,16H,3-5,8-9H2,1-2H3,(H,23,24). The molecule has 8 heteroatoms. The summed E-state index contributed by atoms with van der Waals surface area (Å²) in [6.07, 6.45) is 3.20. The molecule has 1 fully saturated rings. The van der Waals surface area contributed by atoms with Crippen LogP contribution in [0.25, 0.3) is 0 Å². The number of nitrogens with one attached hydrogen (secondary N) is 1. The predicted molar refractivity (Wildman–Crippen MR) is 109 cm³/mol. The van der Waals surface area contributed by atoms with E-state index in [-0.39, 0.29) is 22.4 Å². The lowest BCUT2D eigenvalue weighted by Crippen LogP contribution is -2.19. The highest BCUT2D eigenvalue weighted by atomic mass is 32.2. The van der Waals surface area contributed by atoms with Gasteiger partial charge in [-0.25, -0.2) is 18.2 Å². The molecule has 1 N–H and O–H groups in total. The second kappa shape index (κ2) is 8.73. The maximum absolute atomic E-state index is 12.8. The van der Waals surface area contributed by atoms with Gasteiger partial charge >= 0.3 is 5.97 Å². The number of esters is 1. The van der Waals surface area contributed by atoms with Crippen LogP contribution in [0.5, 0.6) is 0 Å². The summed E-state index contributed by atoms with van der Waals surface area (Å²) < 4.78 is 30.5. The van der Waals surface area contributed by atoms with Crippen LogP contribution in [0.15, 0.2) is 41.3 Å². The Hall–Kier alpha value is -2.74. The monoisotopic (exact) mass is 416 g/mol. The average molecular weight is 416 g/mol. The molecule has 0 radical (unpaired) electrons. The molecular weight excluding hydrogens is 392 g/mol. The highest BCUT2D eigenvalue weighted by Gasteiger charge is 2.30. The van der Waals surface area contributed by atoms with Crippen molar-refractivity contribution in [2.24, 2.45) is 0 Å². The van der Waals surface area contributed by atoms with Crippen molar-refractivity contribution in [1.82, 2.24) is 4.98 Å². The molecule has 0 unspecified atom stereocenters. The zero-order valence-electron chi connectivity index (χ0n) is 16.5. The van der Waals surface area contributed by atoms with Crippen LogP contribution in [0.1, 0.15) is 59.1 Å². The van der Waals surface area contributed by atoms with Crippen LogP contribution in [0.2, 0.25) is 0 Å². The molecule has 0 spiro atoms. The van der Waals surface area contributed by atoms with Gasteiger partial charge in [-0.15, -0.1) is 0 Å². The second-order valence-corrected chi connectivity index (χ2v) is 9.21. The molecule has 3 rings (SSSR count). The summed E-state index contributed by atoms with van der Waals surface area (Å²) in [5.74, 6) is -0.979. The maximum atomic E-state index is 12.8. The first-order valence-corrected chi connectivity index (χ1v) is 11.2. The van der Waals surface area contributed by atoms with E-state index < -0.39 is 21.7 Å². The summed E-state index contributed by atoms with van der Waals surface area (Å²) >= 11 is 0. The van der Waals surface area contributed by atoms with Crippen LogP contribution in [0.3, 0.4) is 0 Å². The lowest BCUT2D eigenvalue weighted by molar-refractivity contribution is 0.0524. The fraction of sp³-hybridized carbons (Fsp3) is 0.381. The third-order valence-electron chi connectivity index (χ3n) is 4.98. The van der Waals surface area contributed by atoms with E-state index in [4.69, 9.17) is 4.74 Å². The molecule has 1 heterocycles. The number of rotatable bonds is 6. The van der Waals surface area contributed by atoms with Crippen molar-refractivity contribution in [3.05, 3.63) is 53.3 Å². The first-order chi connectivity index (χ1) is 13.8. The van der Waals surface area contributed by atoms with Gasteiger partial charge in [0.05, 0.1) is 28.0 Å². The number of hydrogen-bond acceptors (Lipinski definition) is 6. The average Bonchev–Trinajstić information content (AvgIpc) is 3.24. The Labute approximate surface area is 170 Å². The van der Waals surface area contributed by atoms with Gasteiger partial charge in [0.15, 0.2) is 9.84 Å². The van der Waals surface area contributed by atoms with E-state index in [1.807, 2.05) is 0 Å². The molecule has 1 aliphatic carbocycles. The van der Waals surface area contributed by atoms with Gasteiger partial charge in [-0.2, -0.15) is 0 Å². The number of carbonyl (C=O) groups is 2. The first kappa shape index (κ1) is 21.0. The highest BCUT2D eigenvalue weighted by molar-refractivity contribution is 7.92. The Morgan fingerprint density at radius 1 is 1.17 bits per heavy atom. The van der Waals surface area contributed by atoms with Gasteiger partial charge in [0.1, 0.15) is 5.69 Å². The number of sulfone groups is 1. The molecule has 1 aliphatic rings. The largest absolute Gasteiger partial charge is 0.462 e. The number of benzene rings is 1. The summed E-state index contributed by atoms with van der Waals surface area (Å²) in [4.78, 5) is 28.8. The fourth-order valence-electron chi connectivity index (χ4n) is 3.45. The van der Waals surface area contributed by atoms with Gasteiger partial charge in [0.25, 0.3) is 5.91 Å². The summed E-state index contributed by atoms with van der Waals surface area (Å²) in [5, 5.41) is 2.33. The predicted octanol–water partition coefficient (Wildman–Crippen LogP) is 3.54. The van der Waals surface area contributed by atoms with E-state index in [0.717, 1.165) is 12.8 Å². The SMILES string of the molecule is CCOC(=O)c1ccc(C(=O)Nc2cccc(S(=O)(=O)C3CCCC3)c2)nc1C. The zero-order chi connectivity index (χ0) is 21.0. The quantitative estimate of drug-likeness (QED) is 0.723. The smallest absolute Gasteiger partial charge is 0.339 e. The van der Waals surface area contributed by atoms with Crippen LogP contribution in [0.4, 0.5) is 5.69 Å². The molecule has 0 aliphatic heterocycles. The molecule has 1 aromatic heterocycles. The molecule has 1 amide bonds. The van der Waals surface area contributed by atoms with Crippen LogP contribution < -0.4 is 5.32 Å². The summed E-state index contributed by atoms with van der Waals surface area (Å²) in [5.41, 5.74) is 1.18. The molecule has 1 saturated carbocycles. The lowest BCUT2D eigenvalue weighted by atomic mass is 10.2. The number of amides is 1. The zero-order valence-corrected chi connectivity index (χ0v) is 17.3. The van der Waals surface area contributed by atoms with E-state index in [1.165, 1.54) is 18.2 Å². The fourth-order valence-corrected chi connectivity index (χ4v) is 5.35. The van der Waals surface area contributed by atoms with Crippen molar-refractivity contribution in [2.75, 3.05) is 11.9 Å². The van der Waals surface area contributed by atoms with Gasteiger partial charge < -0.3 is 10.1 Å². The van der Waals surface area contributed by atoms with Crippen LogP contribution in [-0.4, -0.2) is 37.1 Å². The van der Waals surface area contributed by atoms with Crippen LogP contribution in [0, 0.1) is 6.92 Å². The number of hydrogen-bond donors (Lipinski definition) is 1. The molecule has 7 nitrogen and oxygen atoms in total. The first-order valence-electron chi connectivity index (χ1n) is 9.63. The molecule has 2 aromatic rings. The number of nitrogens with zero attached hydrogens (tertiary/aromatic N) is 1. The number of aromatic nitrogens is 1. The van der Waals surface area contributed by atoms with Gasteiger partial charge in [0, 0.05) is 5.69 Å². The molecule has 0 bridgehead atoms. The highest BCUT2D eigenvalue weighted by Crippen LogP contribution is 2.30. The van der Waals surface area contributed by atoms with Crippen LogP contribution in [-0.2, 0) is 14.6 Å². The Balaban J connectivity index is 1.77. The van der Waals surface area contributed by atoms with Crippen LogP contribution >= 0.6 is 0 Å². The minimum atomic E-state index is -3.41. The Morgan fingerprint density at radius 3 is 2.55 bits per heavy atom. The number of carbonyl (C=O) groups excluding carboxylic acids is 2. The van der Waals surface area contributed by atoms with Gasteiger partial charge in [-0.05, 0) is 57.0 Å². The molecule has 154 valence electrons. The minimum absolute atomic E-state index is 0.125. The van der Waals surface area contributed by atoms with Crippen molar-refractivity contribution in [1.29, 1.82) is 0 Å². The molecule has 0 atom stereocenters. The van der Waals surface area contributed by atoms with Crippen molar-refractivity contribution in [3.63, 3.8) is 0 Å². The number of aryl methyl sites for hydroxylation is 1. The lowest BCUT2D eigenvalue weighted by Gasteiger charge is -2.13. The van der Waals surface area contributed by atoms with E-state index >= 15 is 0 Å². The van der Waals surface area contributed by atoms with Crippen molar-refractivity contribution in [2.45, 2.75) is 49.7 Å². The Morgan fingerprint density at radius 2 is 1.90 bits per heavy atom. The molecule has 1 aromatic carbocycles. The summed E-state index contributed by atoms with van der Waals surface area (Å²) in [6, 6.07) is 9.21. The maximum Gasteiger partial charge on any atom is 0.339 e. The van der Waals surface area contributed by atoms with Crippen molar-refractivity contribution >= 4 is 27.4 Å². The summed E-state index contributed by atoms with van der Waals surface area (Å²) in [6.45, 7) is 3.59. The van der Waals surface area contributed by atoms with Gasteiger partial charge in [-0.3, -0.25) is 4.79 Å². The van der Waals surface area contributed by atoms with Crippen molar-refractivity contribution < 1.29 is 22.7 Å². The van der Waals surface area contributed by atoms with E-state index in [1.54, 1.807) is 32.0 Å². The number of ether oxygens (including phenoxy) is 1. The van der Waals surface area contributed by atoms with Gasteiger partial charge in [0.2, 0.25) is 0 Å². The number of pyridine rings is 1. The van der Waals surface area contributed by atoms with E-state index in [2.05, 4.69) is 10.3 Å². The Kier molecular flexibility index (Phi) is 6.32. The van der Waals surface area contributed by atoms with E-state index in [0.29, 0.717) is 29.8 Å². The minimum Gasteiger partial charge on any atom is -0.462 e. The van der Waals surface area contributed by atoms with Gasteiger partial charge in [-0.1, -0.05) is 18.9 Å². The third kappa shape index (κ3) is 4.64. The van der Waals surface area contributed by atoms with E-state index in [9.17, 15) is 18.0 Å². The Bertz CT molecular complexity index is 1030. The normalized spacial score (nSPS) is 14.6. The third-order valence-corrected chi connectivity index (χ3v) is 7.24.